The molecule has 158 valence electrons. The Hall–Kier alpha value is -1.80. The number of thioether (sulfide) groups is 1. The maximum absolute atomic E-state index is 13.8. The molecule has 0 bridgehead atoms. The molecule has 0 aromatic carbocycles. The lowest BCUT2D eigenvalue weighted by molar-refractivity contribution is -0.152. The number of cyclic esters (lactones) is 1. The molecular weight excluding hydrogens is 392 g/mol. The van der Waals surface area contributed by atoms with E-state index in [0.29, 0.717) is 6.54 Å². The normalized spacial score (nSPS) is 37.6. The zero-order chi connectivity index (χ0) is 21.1. The second-order valence-electron chi connectivity index (χ2n) is 9.20. The van der Waals surface area contributed by atoms with E-state index in [1.165, 1.54) is 16.7 Å². The van der Waals surface area contributed by atoms with Gasteiger partial charge in [0.25, 0.3) is 0 Å². The molecule has 29 heavy (non-hydrogen) atoms. The Labute approximate surface area is 175 Å². The number of carbonyl (C=O) groups excluding carboxylic acids is 3. The Morgan fingerprint density at radius 1 is 1.28 bits per heavy atom. The summed E-state index contributed by atoms with van der Waals surface area (Å²) in [4.78, 5) is 43.5. The maximum atomic E-state index is 13.8. The van der Waals surface area contributed by atoms with Crippen LogP contribution in [-0.2, 0) is 19.1 Å². The lowest BCUT2D eigenvalue weighted by atomic mass is 9.78. The van der Waals surface area contributed by atoms with Crippen molar-refractivity contribution < 1.29 is 24.2 Å². The van der Waals surface area contributed by atoms with Gasteiger partial charge in [-0.3, -0.25) is 14.4 Å². The Morgan fingerprint density at radius 2 is 2.00 bits per heavy atom. The second kappa shape index (κ2) is 6.87. The number of fused-ring (bicyclic) bond motifs is 2. The SMILES string of the molecule is C[C@H](CO)N1C(=O)[C@@H]2[C@@H]3C(=O)OCC=C[C@@H]3S[C@@]23C=CCN(C(C)(C)C)C(=O)C13. The summed E-state index contributed by atoms with van der Waals surface area (Å²) in [5, 5.41) is 9.61. The van der Waals surface area contributed by atoms with Crippen molar-refractivity contribution in [2.75, 3.05) is 19.8 Å². The van der Waals surface area contributed by atoms with Crippen LogP contribution in [0.3, 0.4) is 0 Å². The third-order valence-electron chi connectivity index (χ3n) is 6.40. The molecule has 1 N–H and O–H groups in total. The number of ether oxygens (including phenoxy) is 1. The summed E-state index contributed by atoms with van der Waals surface area (Å²) in [6, 6.07) is -1.29. The van der Waals surface area contributed by atoms with Crippen LogP contribution >= 0.6 is 11.8 Å². The van der Waals surface area contributed by atoms with Crippen molar-refractivity contribution in [3.8, 4) is 0 Å². The van der Waals surface area contributed by atoms with E-state index in [4.69, 9.17) is 4.74 Å². The Bertz CT molecular complexity index is 803. The molecule has 4 aliphatic heterocycles. The Kier molecular flexibility index (Phi) is 4.85. The molecule has 6 atom stereocenters. The van der Waals surface area contributed by atoms with Crippen LogP contribution in [0.25, 0.3) is 0 Å². The number of esters is 1. The molecule has 0 aliphatic carbocycles. The topological polar surface area (TPSA) is 87.2 Å². The number of hydrogen-bond donors (Lipinski definition) is 1. The highest BCUT2D eigenvalue weighted by Crippen LogP contribution is 2.61. The van der Waals surface area contributed by atoms with Gasteiger partial charge in [0, 0.05) is 17.3 Å². The molecule has 8 heteroatoms. The fourth-order valence-electron chi connectivity index (χ4n) is 5.07. The third-order valence-corrected chi connectivity index (χ3v) is 8.14. The van der Waals surface area contributed by atoms with Gasteiger partial charge < -0.3 is 19.6 Å². The number of nitrogens with zero attached hydrogens (tertiary/aromatic N) is 2. The van der Waals surface area contributed by atoms with Crippen molar-refractivity contribution in [2.24, 2.45) is 11.8 Å². The van der Waals surface area contributed by atoms with Gasteiger partial charge in [0.2, 0.25) is 11.8 Å². The van der Waals surface area contributed by atoms with Gasteiger partial charge in [0.15, 0.2) is 0 Å². The number of aliphatic hydroxyl groups excluding tert-OH is 1. The van der Waals surface area contributed by atoms with E-state index in [-0.39, 0.29) is 30.3 Å². The highest BCUT2D eigenvalue weighted by Gasteiger charge is 2.71. The summed E-state index contributed by atoms with van der Waals surface area (Å²) in [7, 11) is 0. The van der Waals surface area contributed by atoms with Crippen molar-refractivity contribution in [1.29, 1.82) is 0 Å². The zero-order valence-electron chi connectivity index (χ0n) is 17.2. The van der Waals surface area contributed by atoms with Crippen LogP contribution < -0.4 is 0 Å². The summed E-state index contributed by atoms with van der Waals surface area (Å²) >= 11 is 1.51. The lowest BCUT2D eigenvalue weighted by Crippen LogP contribution is -2.59. The molecule has 0 aromatic rings. The highest BCUT2D eigenvalue weighted by molar-refractivity contribution is 8.02. The summed E-state index contributed by atoms with van der Waals surface area (Å²) in [5.41, 5.74) is -0.422. The van der Waals surface area contributed by atoms with Crippen molar-refractivity contribution in [2.45, 2.75) is 55.3 Å². The van der Waals surface area contributed by atoms with Crippen LogP contribution in [0.5, 0.6) is 0 Å². The van der Waals surface area contributed by atoms with E-state index in [9.17, 15) is 19.5 Å². The first-order chi connectivity index (χ1) is 13.6. The molecule has 0 saturated carbocycles. The number of rotatable bonds is 2. The Balaban J connectivity index is 1.88. The van der Waals surface area contributed by atoms with Gasteiger partial charge in [0.05, 0.1) is 29.2 Å². The smallest absolute Gasteiger partial charge is 0.311 e. The molecule has 2 fully saturated rings. The quantitative estimate of drug-likeness (QED) is 0.529. The van der Waals surface area contributed by atoms with Gasteiger partial charge in [0.1, 0.15) is 12.6 Å². The van der Waals surface area contributed by atoms with Crippen molar-refractivity contribution in [1.82, 2.24) is 9.80 Å². The van der Waals surface area contributed by atoms with Crippen LogP contribution in [0.2, 0.25) is 0 Å². The van der Waals surface area contributed by atoms with Crippen LogP contribution in [0.1, 0.15) is 27.7 Å². The molecule has 2 saturated heterocycles. The van der Waals surface area contributed by atoms with Crippen molar-refractivity contribution in [3.63, 3.8) is 0 Å². The monoisotopic (exact) mass is 420 g/mol. The number of amides is 2. The maximum Gasteiger partial charge on any atom is 0.311 e. The molecule has 0 aromatic heterocycles. The van der Waals surface area contributed by atoms with E-state index in [1.807, 2.05) is 45.1 Å². The molecule has 4 heterocycles. The van der Waals surface area contributed by atoms with Crippen LogP contribution in [0.15, 0.2) is 24.3 Å². The van der Waals surface area contributed by atoms with Gasteiger partial charge in [-0.25, -0.2) is 0 Å². The van der Waals surface area contributed by atoms with E-state index < -0.39 is 40.2 Å². The molecule has 0 radical (unpaired) electrons. The summed E-state index contributed by atoms with van der Waals surface area (Å²) < 4.78 is 4.47. The van der Waals surface area contributed by atoms with Crippen molar-refractivity contribution in [3.05, 3.63) is 24.3 Å². The summed E-state index contributed by atoms with van der Waals surface area (Å²) in [6.07, 6.45) is 7.66. The minimum atomic E-state index is -0.854. The highest BCUT2D eigenvalue weighted by atomic mass is 32.2. The number of likely N-dealkylation sites (tertiary alicyclic amines) is 1. The minimum Gasteiger partial charge on any atom is -0.461 e. The van der Waals surface area contributed by atoms with Gasteiger partial charge in [-0.15, -0.1) is 11.8 Å². The second-order valence-corrected chi connectivity index (χ2v) is 10.7. The number of aliphatic hydroxyl groups is 1. The standard InChI is InChI=1S/C21H28N2O5S/c1-12(11-24)23-16-18(26)22(20(2,3)4)9-6-8-21(16)15(17(23)25)14-13(29-21)7-5-10-28-19(14)27/h5-8,12-16,24H,9-11H2,1-4H3/t12-,13+,14-,15+,16?,21+/m1/s1. The Morgan fingerprint density at radius 3 is 2.66 bits per heavy atom. The average molecular weight is 421 g/mol. The van der Waals surface area contributed by atoms with E-state index in [1.54, 1.807) is 11.8 Å². The van der Waals surface area contributed by atoms with Crippen LogP contribution in [0.4, 0.5) is 0 Å². The average Bonchev–Trinajstić information content (AvgIpc) is 2.95. The molecule has 4 aliphatic rings. The van der Waals surface area contributed by atoms with Gasteiger partial charge >= 0.3 is 5.97 Å². The van der Waals surface area contributed by atoms with Gasteiger partial charge in [-0.1, -0.05) is 24.3 Å². The van der Waals surface area contributed by atoms with E-state index in [0.717, 1.165) is 0 Å². The molecule has 7 nitrogen and oxygen atoms in total. The lowest BCUT2D eigenvalue weighted by Gasteiger charge is -2.41. The van der Waals surface area contributed by atoms with Crippen LogP contribution in [0, 0.1) is 11.8 Å². The molecular formula is C21H28N2O5S. The molecule has 1 spiro atoms. The minimum absolute atomic E-state index is 0.139. The third kappa shape index (κ3) is 2.86. The predicted molar refractivity (Wildman–Crippen MR) is 109 cm³/mol. The molecule has 1 unspecified atom stereocenters. The fraction of sp³-hybridized carbons (Fsp3) is 0.667. The van der Waals surface area contributed by atoms with E-state index >= 15 is 0 Å². The van der Waals surface area contributed by atoms with E-state index in [2.05, 4.69) is 0 Å². The van der Waals surface area contributed by atoms with Crippen LogP contribution in [-0.4, -0.2) is 80.1 Å². The molecule has 2 amide bonds. The largest absolute Gasteiger partial charge is 0.461 e. The number of hydrogen-bond acceptors (Lipinski definition) is 6. The van der Waals surface area contributed by atoms with Gasteiger partial charge in [-0.05, 0) is 27.7 Å². The first kappa shape index (κ1) is 20.5. The molecule has 4 rings (SSSR count). The first-order valence-electron chi connectivity index (χ1n) is 10.1. The number of carbonyl (C=O) groups is 3. The first-order valence-corrected chi connectivity index (χ1v) is 10.9. The summed E-state index contributed by atoms with van der Waals surface area (Å²) in [5.74, 6) is -2.11. The van der Waals surface area contributed by atoms with Gasteiger partial charge in [-0.2, -0.15) is 0 Å². The zero-order valence-corrected chi connectivity index (χ0v) is 18.0. The van der Waals surface area contributed by atoms with Crippen molar-refractivity contribution >= 4 is 29.5 Å². The fourth-order valence-corrected chi connectivity index (χ4v) is 7.06. The summed E-state index contributed by atoms with van der Waals surface area (Å²) in [6.45, 7) is 8.04. The predicted octanol–water partition coefficient (Wildman–Crippen LogP) is 0.974.